The quantitative estimate of drug-likeness (QED) is 0.797. The van der Waals surface area contributed by atoms with Gasteiger partial charge >= 0.3 is 0 Å². The normalized spacial score (nSPS) is 12.0. The van der Waals surface area contributed by atoms with Crippen LogP contribution in [0.25, 0.3) is 0 Å². The second-order valence-electron chi connectivity index (χ2n) is 4.21. The Labute approximate surface area is 121 Å². The van der Waals surface area contributed by atoms with E-state index in [1.54, 1.807) is 12.1 Å². The maximum absolute atomic E-state index is 13.5. The molecule has 0 atom stereocenters. The second-order valence-corrected chi connectivity index (χ2v) is 6.45. The summed E-state index contributed by atoms with van der Waals surface area (Å²) in [7, 11) is -2.44. The lowest BCUT2D eigenvalue weighted by molar-refractivity contribution is 0.391. The van der Waals surface area contributed by atoms with Crippen LogP contribution in [-0.2, 0) is 22.4 Å². The fourth-order valence-corrected chi connectivity index (χ4v) is 2.89. The molecular formula is C13H13ClFNO3S. The molecule has 1 heterocycles. The van der Waals surface area contributed by atoms with Crippen LogP contribution in [0, 0.1) is 5.82 Å². The number of furan rings is 1. The lowest BCUT2D eigenvalue weighted by atomic mass is 10.2. The van der Waals surface area contributed by atoms with Crippen LogP contribution in [0.5, 0.6) is 0 Å². The first-order valence-electron chi connectivity index (χ1n) is 5.79. The number of benzene rings is 1. The minimum Gasteiger partial charge on any atom is -0.447 e. The highest BCUT2D eigenvalue weighted by Gasteiger charge is 2.25. The van der Waals surface area contributed by atoms with E-state index in [1.807, 2.05) is 0 Å². The summed E-state index contributed by atoms with van der Waals surface area (Å²) in [6.07, 6.45) is 0. The lowest BCUT2D eigenvalue weighted by Gasteiger charge is -2.15. The van der Waals surface area contributed by atoms with Gasteiger partial charge in [0.1, 0.15) is 11.6 Å². The molecule has 7 heteroatoms. The van der Waals surface area contributed by atoms with Gasteiger partial charge in [0.05, 0.1) is 5.88 Å². The highest BCUT2D eigenvalue weighted by Crippen LogP contribution is 2.21. The van der Waals surface area contributed by atoms with Crippen molar-refractivity contribution in [1.29, 1.82) is 0 Å². The van der Waals surface area contributed by atoms with Gasteiger partial charge in [-0.15, -0.1) is 11.6 Å². The van der Waals surface area contributed by atoms with Crippen LogP contribution in [0.1, 0.15) is 11.3 Å². The highest BCUT2D eigenvalue weighted by atomic mass is 35.5. The molecule has 4 nitrogen and oxygen atoms in total. The molecule has 2 aromatic rings. The zero-order valence-corrected chi connectivity index (χ0v) is 12.3. The first-order valence-corrected chi connectivity index (χ1v) is 7.77. The van der Waals surface area contributed by atoms with Gasteiger partial charge in [0, 0.05) is 19.2 Å². The van der Waals surface area contributed by atoms with Gasteiger partial charge in [-0.25, -0.2) is 12.8 Å². The lowest BCUT2D eigenvalue weighted by Crippen LogP contribution is -2.26. The van der Waals surface area contributed by atoms with Crippen molar-refractivity contribution in [2.24, 2.45) is 0 Å². The smallest absolute Gasteiger partial charge is 0.276 e. The Bertz CT molecular complexity index is 699. The third kappa shape index (κ3) is 3.03. The molecule has 0 amide bonds. The highest BCUT2D eigenvalue weighted by molar-refractivity contribution is 7.88. The third-order valence-electron chi connectivity index (χ3n) is 2.78. The van der Waals surface area contributed by atoms with Crippen molar-refractivity contribution in [3.05, 3.63) is 53.5 Å². The summed E-state index contributed by atoms with van der Waals surface area (Å²) in [6.45, 7) is -0.0775. The van der Waals surface area contributed by atoms with E-state index >= 15 is 0 Å². The van der Waals surface area contributed by atoms with Crippen molar-refractivity contribution >= 4 is 21.6 Å². The van der Waals surface area contributed by atoms with Crippen molar-refractivity contribution in [2.75, 3.05) is 7.05 Å². The minimum atomic E-state index is -3.80. The summed E-state index contributed by atoms with van der Waals surface area (Å²) in [5.74, 6) is 0.00647. The van der Waals surface area contributed by atoms with Crippen LogP contribution in [-0.4, -0.2) is 19.8 Å². The van der Waals surface area contributed by atoms with Crippen LogP contribution < -0.4 is 0 Å². The number of rotatable bonds is 5. The van der Waals surface area contributed by atoms with Gasteiger partial charge < -0.3 is 4.42 Å². The number of nitrogens with zero attached hydrogens (tertiary/aromatic N) is 1. The predicted octanol–water partition coefficient (Wildman–Crippen LogP) is 2.98. The Morgan fingerprint density at radius 3 is 2.55 bits per heavy atom. The van der Waals surface area contributed by atoms with Crippen LogP contribution in [0.4, 0.5) is 4.39 Å². The molecule has 20 heavy (non-hydrogen) atoms. The average molecular weight is 318 g/mol. The molecule has 0 N–H and O–H groups in total. The molecule has 0 unspecified atom stereocenters. The summed E-state index contributed by atoms with van der Waals surface area (Å²) in [5, 5.41) is -0.202. The number of hydrogen-bond acceptors (Lipinski definition) is 3. The van der Waals surface area contributed by atoms with Gasteiger partial charge in [-0.05, 0) is 18.2 Å². The van der Waals surface area contributed by atoms with E-state index in [0.29, 0.717) is 11.3 Å². The van der Waals surface area contributed by atoms with Gasteiger partial charge in [-0.1, -0.05) is 18.2 Å². The average Bonchev–Trinajstić information content (AvgIpc) is 2.90. The largest absolute Gasteiger partial charge is 0.447 e. The number of sulfonamides is 1. The van der Waals surface area contributed by atoms with Crippen LogP contribution in [0.3, 0.4) is 0 Å². The summed E-state index contributed by atoms with van der Waals surface area (Å²) in [5.41, 5.74) is 0.294. The molecule has 0 fully saturated rings. The Kier molecular flexibility index (Phi) is 4.47. The number of halogens is 2. The molecule has 0 radical (unpaired) electrons. The zero-order chi connectivity index (χ0) is 14.8. The van der Waals surface area contributed by atoms with Crippen LogP contribution >= 0.6 is 11.6 Å². The van der Waals surface area contributed by atoms with Crippen molar-refractivity contribution in [3.8, 4) is 0 Å². The first kappa shape index (κ1) is 15.0. The molecule has 0 bridgehead atoms. The Morgan fingerprint density at radius 1 is 1.25 bits per heavy atom. The van der Waals surface area contributed by atoms with Crippen LogP contribution in [0.2, 0.25) is 0 Å². The van der Waals surface area contributed by atoms with Crippen LogP contribution in [0.15, 0.2) is 45.9 Å². The number of alkyl halides is 1. The van der Waals surface area contributed by atoms with E-state index in [0.717, 1.165) is 4.31 Å². The van der Waals surface area contributed by atoms with E-state index in [2.05, 4.69) is 0 Å². The molecule has 0 aliphatic carbocycles. The van der Waals surface area contributed by atoms with Gasteiger partial charge in [0.25, 0.3) is 10.0 Å². The molecule has 2 rings (SSSR count). The van der Waals surface area contributed by atoms with Crippen molar-refractivity contribution in [1.82, 2.24) is 4.31 Å². The minimum absolute atomic E-state index is 0.0775. The Hall–Kier alpha value is -1.37. The Morgan fingerprint density at radius 2 is 1.95 bits per heavy atom. The fraction of sp³-hybridized carbons (Fsp3) is 0.231. The molecule has 0 saturated carbocycles. The Balaban J connectivity index is 2.23. The second kappa shape index (κ2) is 5.95. The monoisotopic (exact) mass is 317 g/mol. The third-order valence-corrected chi connectivity index (χ3v) is 4.73. The topological polar surface area (TPSA) is 50.5 Å². The SMILES string of the molecule is CN(Cc1ccccc1F)S(=O)(=O)c1ccc(CCl)o1. The maximum Gasteiger partial charge on any atom is 0.276 e. The van der Waals surface area contributed by atoms with E-state index in [4.69, 9.17) is 16.0 Å². The van der Waals surface area contributed by atoms with E-state index < -0.39 is 15.8 Å². The standard InChI is InChI=1S/C13H13ClFNO3S/c1-16(9-10-4-2-3-5-12(10)15)20(17,18)13-7-6-11(8-14)19-13/h2-7H,8-9H2,1H3. The summed E-state index contributed by atoms with van der Waals surface area (Å²) in [6, 6.07) is 8.85. The molecule has 108 valence electrons. The maximum atomic E-state index is 13.5. The molecule has 0 aliphatic heterocycles. The predicted molar refractivity (Wildman–Crippen MR) is 73.3 cm³/mol. The van der Waals surface area contributed by atoms with Crippen molar-refractivity contribution in [2.45, 2.75) is 17.5 Å². The van der Waals surface area contributed by atoms with Gasteiger partial charge in [-0.2, -0.15) is 4.31 Å². The molecule has 1 aromatic heterocycles. The van der Waals surface area contributed by atoms with Gasteiger partial charge in [-0.3, -0.25) is 0 Å². The number of hydrogen-bond donors (Lipinski definition) is 0. The van der Waals surface area contributed by atoms with Gasteiger partial charge in [0.2, 0.25) is 5.09 Å². The molecule has 0 saturated heterocycles. The first-order chi connectivity index (χ1) is 9.45. The zero-order valence-electron chi connectivity index (χ0n) is 10.7. The van der Waals surface area contributed by atoms with Crippen molar-refractivity contribution < 1.29 is 17.2 Å². The fourth-order valence-electron chi connectivity index (χ4n) is 1.67. The summed E-state index contributed by atoms with van der Waals surface area (Å²) >= 11 is 5.57. The molecule has 0 aliphatic rings. The molecular weight excluding hydrogens is 305 g/mol. The van der Waals surface area contributed by atoms with E-state index in [1.165, 1.54) is 31.3 Å². The summed E-state index contributed by atoms with van der Waals surface area (Å²) < 4.78 is 44.2. The van der Waals surface area contributed by atoms with E-state index in [9.17, 15) is 12.8 Å². The molecule has 0 spiro atoms. The summed E-state index contributed by atoms with van der Waals surface area (Å²) in [4.78, 5) is 0. The van der Waals surface area contributed by atoms with E-state index in [-0.39, 0.29) is 17.5 Å². The van der Waals surface area contributed by atoms with Crippen molar-refractivity contribution in [3.63, 3.8) is 0 Å². The van der Waals surface area contributed by atoms with Gasteiger partial charge in [0.15, 0.2) is 0 Å². The molecule has 1 aromatic carbocycles.